The predicted molar refractivity (Wildman–Crippen MR) is 97.0 cm³/mol. The van der Waals surface area contributed by atoms with Crippen LogP contribution in [0.25, 0.3) is 0 Å². The lowest BCUT2D eigenvalue weighted by molar-refractivity contribution is 0.0936. The maximum Gasteiger partial charge on any atom is 0.248 e. The zero-order valence-electron chi connectivity index (χ0n) is 14.2. The fraction of sp³-hybridized carbons (Fsp3) is 0.250. The highest BCUT2D eigenvalue weighted by molar-refractivity contribution is 5.92. The summed E-state index contributed by atoms with van der Waals surface area (Å²) in [6.07, 6.45) is 0. The standard InChI is InChI=1S/C20H20N2O4/c21-20(24)17-7-5-16(6-8-17)3-1-2-4-18-9-10-19(26-18)15-22-11-13-25-14-12-23/h5-10,22-23H,11-15H2,(H2,21,24). The molecule has 2 rings (SSSR count). The van der Waals surface area contributed by atoms with E-state index >= 15 is 0 Å². The van der Waals surface area contributed by atoms with Crippen LogP contribution >= 0.6 is 0 Å². The van der Waals surface area contributed by atoms with Crippen molar-refractivity contribution >= 4 is 5.91 Å². The van der Waals surface area contributed by atoms with Gasteiger partial charge in [0.2, 0.25) is 5.91 Å². The Hall–Kier alpha value is -3.03. The highest BCUT2D eigenvalue weighted by Gasteiger charge is 1.99. The van der Waals surface area contributed by atoms with Gasteiger partial charge >= 0.3 is 0 Å². The van der Waals surface area contributed by atoms with E-state index in [4.69, 9.17) is 20.0 Å². The van der Waals surface area contributed by atoms with E-state index in [-0.39, 0.29) is 6.61 Å². The number of carbonyl (C=O) groups excluding carboxylic acids is 1. The summed E-state index contributed by atoms with van der Waals surface area (Å²) >= 11 is 0. The minimum absolute atomic E-state index is 0.0296. The number of hydrogen-bond donors (Lipinski definition) is 3. The van der Waals surface area contributed by atoms with Gasteiger partial charge in [0, 0.05) is 17.7 Å². The smallest absolute Gasteiger partial charge is 0.248 e. The molecule has 4 N–H and O–H groups in total. The summed E-state index contributed by atoms with van der Waals surface area (Å²) in [5.41, 5.74) is 6.37. The van der Waals surface area contributed by atoms with Gasteiger partial charge in [-0.3, -0.25) is 4.79 Å². The molecule has 1 aromatic carbocycles. The van der Waals surface area contributed by atoms with Gasteiger partial charge in [-0.05, 0) is 54.2 Å². The Morgan fingerprint density at radius 3 is 2.62 bits per heavy atom. The number of benzene rings is 1. The Morgan fingerprint density at radius 1 is 1.12 bits per heavy atom. The molecule has 0 saturated heterocycles. The molecule has 26 heavy (non-hydrogen) atoms. The van der Waals surface area contributed by atoms with E-state index in [0.717, 1.165) is 11.3 Å². The number of carbonyl (C=O) groups is 1. The summed E-state index contributed by atoms with van der Waals surface area (Å²) in [6.45, 7) is 2.15. The van der Waals surface area contributed by atoms with Crippen LogP contribution in [0.4, 0.5) is 0 Å². The van der Waals surface area contributed by atoms with Crippen LogP contribution in [0.2, 0.25) is 0 Å². The second kappa shape index (κ2) is 10.8. The molecule has 6 nitrogen and oxygen atoms in total. The molecule has 0 bridgehead atoms. The molecule has 0 radical (unpaired) electrons. The van der Waals surface area contributed by atoms with Crippen molar-refractivity contribution in [2.24, 2.45) is 5.73 Å². The minimum Gasteiger partial charge on any atom is -0.451 e. The van der Waals surface area contributed by atoms with E-state index < -0.39 is 5.91 Å². The zero-order chi connectivity index (χ0) is 18.6. The number of furan rings is 1. The van der Waals surface area contributed by atoms with E-state index in [0.29, 0.717) is 37.6 Å². The van der Waals surface area contributed by atoms with Crippen LogP contribution in [0.5, 0.6) is 0 Å². The molecule has 0 aliphatic rings. The number of amides is 1. The van der Waals surface area contributed by atoms with Crippen molar-refractivity contribution in [3.8, 4) is 23.7 Å². The second-order valence-corrected chi connectivity index (χ2v) is 5.22. The van der Waals surface area contributed by atoms with E-state index in [1.54, 1.807) is 30.3 Å². The van der Waals surface area contributed by atoms with Crippen molar-refractivity contribution in [2.45, 2.75) is 6.54 Å². The number of nitrogens with one attached hydrogen (secondary N) is 1. The molecule has 6 heteroatoms. The first-order chi connectivity index (χ1) is 12.7. The van der Waals surface area contributed by atoms with Crippen LogP contribution in [0.1, 0.15) is 27.4 Å². The molecular formula is C20H20N2O4. The Bertz CT molecular complexity index is 832. The summed E-state index contributed by atoms with van der Waals surface area (Å²) in [7, 11) is 0. The molecular weight excluding hydrogens is 332 g/mol. The maximum absolute atomic E-state index is 11.0. The molecule has 134 valence electrons. The summed E-state index contributed by atoms with van der Waals surface area (Å²) < 4.78 is 10.7. The number of aliphatic hydroxyl groups excluding tert-OH is 1. The Balaban J connectivity index is 1.80. The first-order valence-electron chi connectivity index (χ1n) is 8.09. The molecule has 1 aromatic heterocycles. The first kappa shape index (κ1) is 19.3. The molecule has 0 aliphatic carbocycles. The van der Waals surface area contributed by atoms with E-state index in [9.17, 15) is 4.79 Å². The SMILES string of the molecule is NC(=O)c1ccc(C#CC#Cc2ccc(CNCCOCCO)o2)cc1. The van der Waals surface area contributed by atoms with Crippen molar-refractivity contribution in [2.75, 3.05) is 26.4 Å². The van der Waals surface area contributed by atoms with Crippen LogP contribution in [0.15, 0.2) is 40.8 Å². The third-order valence-electron chi connectivity index (χ3n) is 3.24. The molecule has 0 aliphatic heterocycles. The van der Waals surface area contributed by atoms with Gasteiger partial charge in [-0.2, -0.15) is 0 Å². The largest absolute Gasteiger partial charge is 0.451 e. The fourth-order valence-corrected chi connectivity index (χ4v) is 1.98. The summed E-state index contributed by atoms with van der Waals surface area (Å²) in [5, 5.41) is 11.8. The monoisotopic (exact) mass is 352 g/mol. The third kappa shape index (κ3) is 6.84. The highest BCUT2D eigenvalue weighted by Crippen LogP contribution is 2.06. The topological polar surface area (TPSA) is 97.7 Å². The van der Waals surface area contributed by atoms with Crippen LogP contribution in [0, 0.1) is 23.7 Å². The van der Waals surface area contributed by atoms with E-state index in [1.807, 2.05) is 6.07 Å². The lowest BCUT2D eigenvalue weighted by Crippen LogP contribution is -2.19. The van der Waals surface area contributed by atoms with Gasteiger partial charge < -0.3 is 25.3 Å². The molecule has 2 aromatic rings. The number of ether oxygens (including phenoxy) is 1. The van der Waals surface area contributed by atoms with Gasteiger partial charge in [0.05, 0.1) is 26.4 Å². The number of hydrogen-bond acceptors (Lipinski definition) is 5. The average molecular weight is 352 g/mol. The Kier molecular flexibility index (Phi) is 7.98. The van der Waals surface area contributed by atoms with E-state index in [1.165, 1.54) is 0 Å². The third-order valence-corrected chi connectivity index (χ3v) is 3.24. The quantitative estimate of drug-likeness (QED) is 0.484. The van der Waals surface area contributed by atoms with Crippen molar-refractivity contribution in [3.63, 3.8) is 0 Å². The highest BCUT2D eigenvalue weighted by atomic mass is 16.5. The molecule has 1 amide bonds. The lowest BCUT2D eigenvalue weighted by Gasteiger charge is -2.03. The number of aliphatic hydroxyl groups is 1. The number of nitrogens with two attached hydrogens (primary N) is 1. The number of rotatable bonds is 8. The van der Waals surface area contributed by atoms with Crippen molar-refractivity contribution in [3.05, 3.63) is 59.0 Å². The van der Waals surface area contributed by atoms with Crippen molar-refractivity contribution < 1.29 is 19.1 Å². The average Bonchev–Trinajstić information content (AvgIpc) is 3.10. The van der Waals surface area contributed by atoms with Gasteiger partial charge in [0.25, 0.3) is 0 Å². The number of primary amides is 1. The normalized spacial score (nSPS) is 9.73. The molecule has 0 spiro atoms. The van der Waals surface area contributed by atoms with Gasteiger partial charge in [-0.25, -0.2) is 0 Å². The van der Waals surface area contributed by atoms with Crippen molar-refractivity contribution in [1.82, 2.24) is 5.32 Å². The lowest BCUT2D eigenvalue weighted by atomic mass is 10.1. The molecule has 1 heterocycles. The van der Waals surface area contributed by atoms with Gasteiger partial charge in [0.15, 0.2) is 5.76 Å². The summed E-state index contributed by atoms with van der Waals surface area (Å²) in [6, 6.07) is 10.3. The predicted octanol–water partition coefficient (Wildman–Crippen LogP) is 0.880. The van der Waals surface area contributed by atoms with Crippen molar-refractivity contribution in [1.29, 1.82) is 0 Å². The Labute approximate surface area is 152 Å². The second-order valence-electron chi connectivity index (χ2n) is 5.22. The molecule has 0 saturated carbocycles. The van der Waals surface area contributed by atoms with Crippen LogP contribution < -0.4 is 11.1 Å². The minimum atomic E-state index is -0.468. The van der Waals surface area contributed by atoms with E-state index in [2.05, 4.69) is 29.0 Å². The van der Waals surface area contributed by atoms with Crippen LogP contribution in [-0.2, 0) is 11.3 Å². The first-order valence-corrected chi connectivity index (χ1v) is 8.09. The summed E-state index contributed by atoms with van der Waals surface area (Å²) in [5.74, 6) is 12.0. The fourth-order valence-electron chi connectivity index (χ4n) is 1.98. The summed E-state index contributed by atoms with van der Waals surface area (Å²) in [4.78, 5) is 11.0. The molecule has 0 fully saturated rings. The zero-order valence-corrected chi connectivity index (χ0v) is 14.2. The Morgan fingerprint density at radius 2 is 1.88 bits per heavy atom. The maximum atomic E-state index is 11.0. The van der Waals surface area contributed by atoms with Crippen LogP contribution in [0.3, 0.4) is 0 Å². The molecule has 0 unspecified atom stereocenters. The van der Waals surface area contributed by atoms with Gasteiger partial charge in [-0.1, -0.05) is 5.92 Å². The van der Waals surface area contributed by atoms with Gasteiger partial charge in [0.1, 0.15) is 5.76 Å². The van der Waals surface area contributed by atoms with Crippen LogP contribution in [-0.4, -0.2) is 37.4 Å². The molecule has 0 atom stereocenters. The van der Waals surface area contributed by atoms with Gasteiger partial charge in [-0.15, -0.1) is 0 Å².